The molecule has 1 aromatic heterocycles. The minimum absolute atomic E-state index is 0.0157. The topological polar surface area (TPSA) is 84.2 Å². The Bertz CT molecular complexity index is 1470. The van der Waals surface area contributed by atoms with Crippen LogP contribution in [0.1, 0.15) is 11.1 Å². The van der Waals surface area contributed by atoms with Crippen LogP contribution < -0.4 is 14.8 Å². The number of aryl methyl sites for hydroxylation is 1. The van der Waals surface area contributed by atoms with E-state index < -0.39 is 0 Å². The standard InChI is InChI=1S/C29H24FN3O3S/c1-18-4-6-19(7-5-18)25-15-23(20-8-13-26(35-2)27(14-20)36-3)24(16-31)29(33-25)37-17-28(34)32-22-11-9-21(30)10-12-22/h4-15H,17H2,1-3H3,(H,32,34). The van der Waals surface area contributed by atoms with Crippen LogP contribution in [0.3, 0.4) is 0 Å². The van der Waals surface area contributed by atoms with Gasteiger partial charge in [0, 0.05) is 16.8 Å². The van der Waals surface area contributed by atoms with Crippen molar-refractivity contribution < 1.29 is 18.7 Å². The Hall–Kier alpha value is -4.35. The Morgan fingerprint density at radius 3 is 2.30 bits per heavy atom. The summed E-state index contributed by atoms with van der Waals surface area (Å²) < 4.78 is 24.0. The number of methoxy groups -OCH3 is 2. The number of amides is 1. The zero-order chi connectivity index (χ0) is 26.4. The highest BCUT2D eigenvalue weighted by atomic mass is 32.2. The number of hydrogen-bond donors (Lipinski definition) is 1. The van der Waals surface area contributed by atoms with Crippen molar-refractivity contribution in [3.05, 3.63) is 89.7 Å². The van der Waals surface area contributed by atoms with E-state index in [0.717, 1.165) is 28.5 Å². The molecule has 6 nitrogen and oxygen atoms in total. The number of anilines is 1. The number of halogens is 1. The lowest BCUT2D eigenvalue weighted by Crippen LogP contribution is -2.14. The van der Waals surface area contributed by atoms with Crippen molar-refractivity contribution in [2.24, 2.45) is 0 Å². The average Bonchev–Trinajstić information content (AvgIpc) is 2.92. The van der Waals surface area contributed by atoms with Gasteiger partial charge in [0.15, 0.2) is 11.5 Å². The molecule has 0 saturated heterocycles. The molecule has 0 unspecified atom stereocenters. The zero-order valence-corrected chi connectivity index (χ0v) is 21.4. The highest BCUT2D eigenvalue weighted by Crippen LogP contribution is 2.38. The number of nitrogens with zero attached hydrogens (tertiary/aromatic N) is 2. The van der Waals surface area contributed by atoms with Gasteiger partial charge in [-0.05, 0) is 55.0 Å². The lowest BCUT2D eigenvalue weighted by atomic mass is 9.98. The summed E-state index contributed by atoms with van der Waals surface area (Å²) in [5.74, 6) is 0.443. The number of thioether (sulfide) groups is 1. The summed E-state index contributed by atoms with van der Waals surface area (Å²) in [6, 6.07) is 23.0. The van der Waals surface area contributed by atoms with Gasteiger partial charge in [-0.2, -0.15) is 5.26 Å². The van der Waals surface area contributed by atoms with Gasteiger partial charge in [-0.3, -0.25) is 4.79 Å². The molecule has 4 aromatic rings. The van der Waals surface area contributed by atoms with Crippen molar-refractivity contribution in [3.8, 4) is 40.0 Å². The van der Waals surface area contributed by atoms with Gasteiger partial charge in [-0.25, -0.2) is 9.37 Å². The Balaban J connectivity index is 1.73. The van der Waals surface area contributed by atoms with Crippen LogP contribution in [0, 0.1) is 24.1 Å². The van der Waals surface area contributed by atoms with E-state index in [1.54, 1.807) is 20.3 Å². The molecule has 37 heavy (non-hydrogen) atoms. The van der Waals surface area contributed by atoms with E-state index in [4.69, 9.17) is 14.5 Å². The van der Waals surface area contributed by atoms with Crippen LogP contribution in [0.2, 0.25) is 0 Å². The maximum absolute atomic E-state index is 13.2. The third kappa shape index (κ3) is 6.08. The van der Waals surface area contributed by atoms with Crippen LogP contribution in [-0.2, 0) is 4.79 Å². The zero-order valence-electron chi connectivity index (χ0n) is 20.5. The summed E-state index contributed by atoms with van der Waals surface area (Å²) in [6.07, 6.45) is 0. The number of carbonyl (C=O) groups excluding carboxylic acids is 1. The number of rotatable bonds is 8. The first-order valence-corrected chi connectivity index (χ1v) is 12.3. The van der Waals surface area contributed by atoms with Crippen molar-refractivity contribution >= 4 is 23.4 Å². The summed E-state index contributed by atoms with van der Waals surface area (Å²) in [4.78, 5) is 17.4. The molecule has 0 radical (unpaired) electrons. The fourth-order valence-electron chi connectivity index (χ4n) is 3.70. The van der Waals surface area contributed by atoms with Crippen LogP contribution >= 0.6 is 11.8 Å². The molecule has 1 N–H and O–H groups in total. The third-order valence-corrected chi connectivity index (χ3v) is 6.58. The number of nitriles is 1. The van der Waals surface area contributed by atoms with Crippen LogP contribution in [0.5, 0.6) is 11.5 Å². The second-order valence-corrected chi connectivity index (χ2v) is 9.09. The van der Waals surface area contributed by atoms with Crippen LogP contribution in [0.15, 0.2) is 77.8 Å². The fraction of sp³-hybridized carbons (Fsp3) is 0.138. The van der Waals surface area contributed by atoms with Crippen LogP contribution in [0.4, 0.5) is 10.1 Å². The SMILES string of the molecule is COc1ccc(-c2cc(-c3ccc(C)cc3)nc(SCC(=O)Nc3ccc(F)cc3)c2C#N)cc1OC. The molecule has 186 valence electrons. The molecule has 0 spiro atoms. The number of pyridine rings is 1. The van der Waals surface area contributed by atoms with Crippen molar-refractivity contribution in [3.63, 3.8) is 0 Å². The number of nitrogens with one attached hydrogen (secondary N) is 1. The van der Waals surface area contributed by atoms with E-state index >= 15 is 0 Å². The van der Waals surface area contributed by atoms with Crippen LogP contribution in [0.25, 0.3) is 22.4 Å². The molecule has 3 aromatic carbocycles. The third-order valence-electron chi connectivity index (χ3n) is 5.61. The molecule has 0 aliphatic heterocycles. The Labute approximate surface area is 219 Å². The molecule has 1 heterocycles. The summed E-state index contributed by atoms with van der Waals surface area (Å²) in [5, 5.41) is 13.3. The number of benzene rings is 3. The predicted octanol–water partition coefficient (Wildman–Crippen LogP) is 6.48. The van der Waals surface area contributed by atoms with Crippen molar-refractivity contribution in [1.29, 1.82) is 5.26 Å². The first kappa shape index (κ1) is 25.7. The van der Waals surface area contributed by atoms with Crippen LogP contribution in [-0.4, -0.2) is 30.9 Å². The molecule has 0 saturated carbocycles. The van der Waals surface area contributed by atoms with Gasteiger partial charge >= 0.3 is 0 Å². The molecule has 1 amide bonds. The summed E-state index contributed by atoms with van der Waals surface area (Å²) in [7, 11) is 3.12. The summed E-state index contributed by atoms with van der Waals surface area (Å²) >= 11 is 1.16. The van der Waals surface area contributed by atoms with E-state index in [1.807, 2.05) is 49.4 Å². The quantitative estimate of drug-likeness (QED) is 0.271. The Kier molecular flexibility index (Phi) is 8.06. The lowest BCUT2D eigenvalue weighted by Gasteiger charge is -2.14. The van der Waals surface area contributed by atoms with Gasteiger partial charge in [0.25, 0.3) is 0 Å². The summed E-state index contributed by atoms with van der Waals surface area (Å²) in [6.45, 7) is 2.01. The van der Waals surface area contributed by atoms with Crippen molar-refractivity contribution in [2.45, 2.75) is 11.9 Å². The first-order valence-electron chi connectivity index (χ1n) is 11.3. The highest BCUT2D eigenvalue weighted by molar-refractivity contribution is 8.00. The molecular weight excluding hydrogens is 489 g/mol. The lowest BCUT2D eigenvalue weighted by molar-refractivity contribution is -0.113. The monoisotopic (exact) mass is 513 g/mol. The van der Waals surface area contributed by atoms with Gasteiger partial charge in [0.1, 0.15) is 16.9 Å². The van der Waals surface area contributed by atoms with Gasteiger partial charge in [0.2, 0.25) is 5.91 Å². The second-order valence-electron chi connectivity index (χ2n) is 8.13. The summed E-state index contributed by atoms with van der Waals surface area (Å²) in [5.41, 5.74) is 4.92. The van der Waals surface area contributed by atoms with Gasteiger partial charge < -0.3 is 14.8 Å². The fourth-order valence-corrected chi connectivity index (χ4v) is 4.50. The largest absolute Gasteiger partial charge is 0.493 e. The molecule has 0 bridgehead atoms. The Morgan fingerprint density at radius 1 is 0.973 bits per heavy atom. The minimum Gasteiger partial charge on any atom is -0.493 e. The van der Waals surface area contributed by atoms with E-state index in [9.17, 15) is 14.4 Å². The number of carbonyl (C=O) groups is 1. The molecule has 0 aliphatic carbocycles. The molecule has 0 fully saturated rings. The molecule has 4 rings (SSSR count). The van der Waals surface area contributed by atoms with Crippen molar-refractivity contribution in [1.82, 2.24) is 4.98 Å². The molecular formula is C29H24FN3O3S. The number of ether oxygens (including phenoxy) is 2. The van der Waals surface area contributed by atoms with Gasteiger partial charge in [-0.15, -0.1) is 0 Å². The normalized spacial score (nSPS) is 10.5. The van der Waals surface area contributed by atoms with Crippen molar-refractivity contribution in [2.75, 3.05) is 25.3 Å². The van der Waals surface area contributed by atoms with Gasteiger partial charge in [-0.1, -0.05) is 47.7 Å². The Morgan fingerprint density at radius 2 is 1.65 bits per heavy atom. The smallest absolute Gasteiger partial charge is 0.234 e. The second kappa shape index (κ2) is 11.6. The highest BCUT2D eigenvalue weighted by Gasteiger charge is 2.18. The first-order chi connectivity index (χ1) is 17.9. The number of aromatic nitrogens is 1. The van der Waals surface area contributed by atoms with E-state index in [0.29, 0.717) is 39.0 Å². The average molecular weight is 514 g/mol. The maximum atomic E-state index is 13.2. The van der Waals surface area contributed by atoms with E-state index in [-0.39, 0.29) is 17.5 Å². The van der Waals surface area contributed by atoms with Gasteiger partial charge in [0.05, 0.1) is 31.2 Å². The maximum Gasteiger partial charge on any atom is 0.234 e. The molecule has 8 heteroatoms. The van der Waals surface area contributed by atoms with E-state index in [2.05, 4.69) is 11.4 Å². The molecule has 0 aliphatic rings. The predicted molar refractivity (Wildman–Crippen MR) is 143 cm³/mol. The van der Waals surface area contributed by atoms with E-state index in [1.165, 1.54) is 24.3 Å². The number of hydrogen-bond acceptors (Lipinski definition) is 6. The molecule has 0 atom stereocenters. The minimum atomic E-state index is -0.383.